The monoisotopic (exact) mass is 265 g/mol. The number of amides is 1. The molecule has 1 amide bonds. The fourth-order valence-corrected chi connectivity index (χ4v) is 2.72. The molecule has 0 atom stereocenters. The molecule has 0 radical (unpaired) electrons. The van der Waals surface area contributed by atoms with Gasteiger partial charge in [-0.3, -0.25) is 4.79 Å². The number of halogens is 1. The standard InChI is InChI=1S/C15H20FNO2/c16-13-6-4-5-12(9-13)10-14(19)17-15(11-18)7-2-1-3-8-15/h4-6,9,18H,1-3,7-8,10-11H2,(H,17,19). The Morgan fingerprint density at radius 2 is 2.05 bits per heavy atom. The number of rotatable bonds is 4. The molecule has 19 heavy (non-hydrogen) atoms. The van der Waals surface area contributed by atoms with Crippen molar-refractivity contribution in [3.05, 3.63) is 35.6 Å². The van der Waals surface area contributed by atoms with Crippen molar-refractivity contribution in [1.82, 2.24) is 5.32 Å². The summed E-state index contributed by atoms with van der Waals surface area (Å²) >= 11 is 0. The summed E-state index contributed by atoms with van der Waals surface area (Å²) in [4.78, 5) is 12.0. The normalized spacial score (nSPS) is 18.0. The van der Waals surface area contributed by atoms with E-state index in [9.17, 15) is 14.3 Å². The van der Waals surface area contributed by atoms with Gasteiger partial charge < -0.3 is 10.4 Å². The molecule has 1 fully saturated rings. The van der Waals surface area contributed by atoms with Crippen LogP contribution in [0.15, 0.2) is 24.3 Å². The van der Waals surface area contributed by atoms with Crippen LogP contribution < -0.4 is 5.32 Å². The maximum atomic E-state index is 13.0. The molecule has 1 saturated carbocycles. The van der Waals surface area contributed by atoms with Gasteiger partial charge in [0.25, 0.3) is 0 Å². The lowest BCUT2D eigenvalue weighted by atomic mass is 9.82. The average molecular weight is 265 g/mol. The van der Waals surface area contributed by atoms with E-state index in [4.69, 9.17) is 0 Å². The van der Waals surface area contributed by atoms with Crippen LogP contribution >= 0.6 is 0 Å². The zero-order chi connectivity index (χ0) is 13.7. The molecule has 0 saturated heterocycles. The van der Waals surface area contributed by atoms with E-state index in [1.165, 1.54) is 12.1 Å². The fraction of sp³-hybridized carbons (Fsp3) is 0.533. The Hall–Kier alpha value is -1.42. The molecular weight excluding hydrogens is 245 g/mol. The Kier molecular flexibility index (Phi) is 4.53. The summed E-state index contributed by atoms with van der Waals surface area (Å²) in [6.07, 6.45) is 5.00. The SMILES string of the molecule is O=C(Cc1cccc(F)c1)NC1(CO)CCCCC1. The van der Waals surface area contributed by atoms with E-state index in [1.807, 2.05) is 0 Å². The topological polar surface area (TPSA) is 49.3 Å². The number of benzene rings is 1. The van der Waals surface area contributed by atoms with Gasteiger partial charge >= 0.3 is 0 Å². The van der Waals surface area contributed by atoms with E-state index in [2.05, 4.69) is 5.32 Å². The zero-order valence-corrected chi connectivity index (χ0v) is 11.0. The number of carbonyl (C=O) groups excluding carboxylic acids is 1. The third-order valence-electron chi connectivity index (χ3n) is 3.77. The second-order valence-electron chi connectivity index (χ2n) is 5.35. The van der Waals surface area contributed by atoms with Gasteiger partial charge in [0, 0.05) is 0 Å². The molecule has 0 unspecified atom stereocenters. The summed E-state index contributed by atoms with van der Waals surface area (Å²) in [6, 6.07) is 6.05. The highest BCUT2D eigenvalue weighted by Gasteiger charge is 2.32. The van der Waals surface area contributed by atoms with Crippen LogP contribution in [0.5, 0.6) is 0 Å². The third-order valence-corrected chi connectivity index (χ3v) is 3.77. The predicted molar refractivity (Wildman–Crippen MR) is 71.1 cm³/mol. The Morgan fingerprint density at radius 3 is 2.68 bits per heavy atom. The van der Waals surface area contributed by atoms with Gasteiger partial charge in [-0.25, -0.2) is 4.39 Å². The second-order valence-corrected chi connectivity index (χ2v) is 5.35. The molecule has 1 aromatic carbocycles. The summed E-state index contributed by atoms with van der Waals surface area (Å²) in [7, 11) is 0. The van der Waals surface area contributed by atoms with Gasteiger partial charge in [-0.05, 0) is 30.5 Å². The first-order chi connectivity index (χ1) is 9.13. The quantitative estimate of drug-likeness (QED) is 0.876. The van der Waals surface area contributed by atoms with Crippen LogP contribution in [0.25, 0.3) is 0 Å². The van der Waals surface area contributed by atoms with Crippen molar-refractivity contribution in [2.45, 2.75) is 44.1 Å². The van der Waals surface area contributed by atoms with E-state index >= 15 is 0 Å². The number of aliphatic hydroxyl groups is 1. The van der Waals surface area contributed by atoms with Gasteiger partial charge in [0.15, 0.2) is 0 Å². The van der Waals surface area contributed by atoms with Crippen LogP contribution in [0.3, 0.4) is 0 Å². The molecule has 0 spiro atoms. The van der Waals surface area contributed by atoms with E-state index in [1.54, 1.807) is 12.1 Å². The van der Waals surface area contributed by atoms with Crippen molar-refractivity contribution < 1.29 is 14.3 Å². The second kappa shape index (κ2) is 6.15. The van der Waals surface area contributed by atoms with Crippen molar-refractivity contribution in [3.8, 4) is 0 Å². The maximum Gasteiger partial charge on any atom is 0.224 e. The molecule has 0 aromatic heterocycles. The first-order valence-electron chi connectivity index (χ1n) is 6.80. The minimum absolute atomic E-state index is 0.0259. The lowest BCUT2D eigenvalue weighted by Crippen LogP contribution is -2.52. The Labute approximate surface area is 112 Å². The van der Waals surface area contributed by atoms with Crippen molar-refractivity contribution in [2.75, 3.05) is 6.61 Å². The van der Waals surface area contributed by atoms with Gasteiger partial charge in [0.05, 0.1) is 18.6 Å². The molecule has 4 heteroatoms. The molecule has 1 aromatic rings. The summed E-state index contributed by atoms with van der Waals surface area (Å²) in [5.74, 6) is -0.485. The minimum Gasteiger partial charge on any atom is -0.394 e. The molecule has 104 valence electrons. The first-order valence-corrected chi connectivity index (χ1v) is 6.80. The van der Waals surface area contributed by atoms with Gasteiger partial charge in [-0.15, -0.1) is 0 Å². The number of aliphatic hydroxyl groups excluding tert-OH is 1. The van der Waals surface area contributed by atoms with Crippen LogP contribution in [-0.4, -0.2) is 23.2 Å². The molecule has 0 bridgehead atoms. The predicted octanol–water partition coefficient (Wildman–Crippen LogP) is 2.18. The first kappa shape index (κ1) is 14.0. The van der Waals surface area contributed by atoms with Gasteiger partial charge in [0.1, 0.15) is 5.82 Å². The van der Waals surface area contributed by atoms with Crippen LogP contribution in [0.4, 0.5) is 4.39 Å². The maximum absolute atomic E-state index is 13.0. The average Bonchev–Trinajstić information content (AvgIpc) is 2.39. The number of nitrogens with one attached hydrogen (secondary N) is 1. The van der Waals surface area contributed by atoms with Crippen LogP contribution in [0.1, 0.15) is 37.7 Å². The molecule has 0 aliphatic heterocycles. The van der Waals surface area contributed by atoms with Crippen LogP contribution in [0, 0.1) is 5.82 Å². The summed E-state index contributed by atoms with van der Waals surface area (Å²) in [6.45, 7) is -0.0259. The van der Waals surface area contributed by atoms with Gasteiger partial charge in [0.2, 0.25) is 5.91 Å². The number of hydrogen-bond acceptors (Lipinski definition) is 2. The Morgan fingerprint density at radius 1 is 1.32 bits per heavy atom. The third kappa shape index (κ3) is 3.77. The van der Waals surface area contributed by atoms with E-state index in [0.717, 1.165) is 32.1 Å². The molecule has 3 nitrogen and oxygen atoms in total. The summed E-state index contributed by atoms with van der Waals surface area (Å²) < 4.78 is 13.0. The largest absolute Gasteiger partial charge is 0.394 e. The molecular formula is C15H20FNO2. The van der Waals surface area contributed by atoms with Gasteiger partial charge in [-0.2, -0.15) is 0 Å². The Balaban J connectivity index is 1.96. The van der Waals surface area contributed by atoms with Crippen molar-refractivity contribution >= 4 is 5.91 Å². The fourth-order valence-electron chi connectivity index (χ4n) is 2.72. The van der Waals surface area contributed by atoms with Crippen molar-refractivity contribution in [2.24, 2.45) is 0 Å². The minimum atomic E-state index is -0.470. The molecule has 1 aliphatic carbocycles. The van der Waals surface area contributed by atoms with Crippen LogP contribution in [0.2, 0.25) is 0 Å². The highest BCUT2D eigenvalue weighted by atomic mass is 19.1. The molecule has 2 rings (SSSR count). The lowest BCUT2D eigenvalue weighted by Gasteiger charge is -2.36. The van der Waals surface area contributed by atoms with Gasteiger partial charge in [-0.1, -0.05) is 31.4 Å². The lowest BCUT2D eigenvalue weighted by molar-refractivity contribution is -0.123. The number of carbonyl (C=O) groups is 1. The molecule has 1 aliphatic rings. The van der Waals surface area contributed by atoms with E-state index in [-0.39, 0.29) is 24.8 Å². The molecule has 2 N–H and O–H groups in total. The smallest absolute Gasteiger partial charge is 0.224 e. The highest BCUT2D eigenvalue weighted by molar-refractivity contribution is 5.79. The summed E-state index contributed by atoms with van der Waals surface area (Å²) in [5.41, 5.74) is 0.184. The van der Waals surface area contributed by atoms with Crippen molar-refractivity contribution in [3.63, 3.8) is 0 Å². The molecule has 0 heterocycles. The van der Waals surface area contributed by atoms with Crippen LogP contribution in [-0.2, 0) is 11.2 Å². The van der Waals surface area contributed by atoms with E-state index in [0.29, 0.717) is 5.56 Å². The van der Waals surface area contributed by atoms with E-state index < -0.39 is 5.54 Å². The highest BCUT2D eigenvalue weighted by Crippen LogP contribution is 2.27. The summed E-state index contributed by atoms with van der Waals surface area (Å²) in [5, 5.41) is 12.5. The number of hydrogen-bond donors (Lipinski definition) is 2. The zero-order valence-electron chi connectivity index (χ0n) is 11.0. The van der Waals surface area contributed by atoms with Crippen molar-refractivity contribution in [1.29, 1.82) is 0 Å². The Bertz CT molecular complexity index is 442.